The van der Waals surface area contributed by atoms with Gasteiger partial charge in [0.1, 0.15) is 11.5 Å². The highest BCUT2D eigenvalue weighted by Crippen LogP contribution is 2.32. The minimum atomic E-state index is -4.21. The van der Waals surface area contributed by atoms with E-state index in [1.807, 2.05) is 6.07 Å². The molecule has 0 saturated carbocycles. The summed E-state index contributed by atoms with van der Waals surface area (Å²) in [6.07, 6.45) is -1.90. The van der Waals surface area contributed by atoms with Crippen molar-refractivity contribution < 1.29 is 13.2 Å². The van der Waals surface area contributed by atoms with Gasteiger partial charge in [-0.25, -0.2) is 0 Å². The first-order valence-electron chi connectivity index (χ1n) is 4.92. The lowest BCUT2D eigenvalue weighted by Crippen LogP contribution is -2.08. The largest absolute Gasteiger partial charge is 0.416 e. The quantitative estimate of drug-likeness (QED) is 0.651. The minimum Gasteiger partial charge on any atom is -0.166 e. The molecule has 82 valence electrons. The van der Waals surface area contributed by atoms with Gasteiger partial charge in [0.25, 0.3) is 0 Å². The minimum absolute atomic E-state index is 0.0642. The van der Waals surface area contributed by atoms with Crippen LogP contribution in [0.3, 0.4) is 0 Å². The van der Waals surface area contributed by atoms with Gasteiger partial charge in [-0.05, 0) is 25.0 Å². The Morgan fingerprint density at radius 2 is 1.73 bits per heavy atom. The number of alkyl halides is 3. The summed E-state index contributed by atoms with van der Waals surface area (Å²) in [5, 5.41) is 0. The normalized spacial score (nSPS) is 18.3. The van der Waals surface area contributed by atoms with Crippen molar-refractivity contribution in [2.45, 2.75) is 23.9 Å². The van der Waals surface area contributed by atoms with Gasteiger partial charge in [-0.3, -0.25) is 0 Å². The third-order valence-electron chi connectivity index (χ3n) is 2.53. The molecule has 4 heteroatoms. The lowest BCUT2D eigenvalue weighted by atomic mass is 10.2. The van der Waals surface area contributed by atoms with E-state index < -0.39 is 11.7 Å². The molecule has 0 nitrogen and oxygen atoms in total. The van der Waals surface area contributed by atoms with Crippen LogP contribution in [0.4, 0.5) is 13.2 Å². The molecule has 0 amide bonds. The molecule has 0 radical (unpaired) electrons. The topological polar surface area (TPSA) is 0 Å². The monoisotopic (exact) mass is 233 g/mol. The van der Waals surface area contributed by atoms with E-state index in [4.69, 9.17) is 0 Å². The molecular formula is C11H12F3S+. The number of benzene rings is 1. The summed E-state index contributed by atoms with van der Waals surface area (Å²) in [6, 6.07) is 5.80. The van der Waals surface area contributed by atoms with E-state index in [1.54, 1.807) is 0 Å². The van der Waals surface area contributed by atoms with Crippen LogP contribution in [0, 0.1) is 0 Å². The Balaban J connectivity index is 2.26. The molecule has 2 rings (SSSR count). The average Bonchev–Trinajstić information content (AvgIpc) is 2.69. The maximum Gasteiger partial charge on any atom is 0.416 e. The maximum atomic E-state index is 12.5. The fraction of sp³-hybridized carbons (Fsp3) is 0.455. The predicted molar refractivity (Wildman–Crippen MR) is 56.0 cm³/mol. The second-order valence-electron chi connectivity index (χ2n) is 3.63. The molecule has 1 fully saturated rings. The van der Waals surface area contributed by atoms with Gasteiger partial charge in [-0.2, -0.15) is 13.2 Å². The lowest BCUT2D eigenvalue weighted by Gasteiger charge is -2.07. The first-order chi connectivity index (χ1) is 7.07. The van der Waals surface area contributed by atoms with Crippen molar-refractivity contribution in [2.75, 3.05) is 11.5 Å². The highest BCUT2D eigenvalue weighted by Gasteiger charge is 2.33. The summed E-state index contributed by atoms with van der Waals surface area (Å²) in [4.78, 5) is 0.877. The highest BCUT2D eigenvalue weighted by molar-refractivity contribution is 7.97. The molecule has 1 aromatic carbocycles. The van der Waals surface area contributed by atoms with Gasteiger partial charge < -0.3 is 0 Å². The Morgan fingerprint density at radius 3 is 2.33 bits per heavy atom. The second-order valence-corrected chi connectivity index (χ2v) is 5.91. The molecule has 1 aliphatic rings. The third kappa shape index (κ3) is 2.48. The lowest BCUT2D eigenvalue weighted by molar-refractivity contribution is -0.137. The first-order valence-corrected chi connectivity index (χ1v) is 6.48. The molecule has 0 aliphatic carbocycles. The molecule has 0 N–H and O–H groups in total. The van der Waals surface area contributed by atoms with Gasteiger partial charge in [-0.15, -0.1) is 0 Å². The molecule has 1 saturated heterocycles. The first kappa shape index (κ1) is 10.9. The Morgan fingerprint density at radius 1 is 1.07 bits per heavy atom. The third-order valence-corrected chi connectivity index (χ3v) is 5.01. The molecule has 0 atom stereocenters. The molecular weight excluding hydrogens is 221 g/mol. The molecule has 0 spiro atoms. The number of rotatable bonds is 1. The van der Waals surface area contributed by atoms with Gasteiger partial charge in [0.15, 0.2) is 4.90 Å². The summed E-state index contributed by atoms with van der Waals surface area (Å²) in [7, 11) is 0.0642. The number of hydrogen-bond acceptors (Lipinski definition) is 0. The maximum absolute atomic E-state index is 12.5. The predicted octanol–water partition coefficient (Wildman–Crippen LogP) is 3.48. The fourth-order valence-corrected chi connectivity index (χ4v) is 4.09. The van der Waals surface area contributed by atoms with E-state index >= 15 is 0 Å². The molecule has 0 aromatic heterocycles. The summed E-state index contributed by atoms with van der Waals surface area (Å²) in [6.45, 7) is 0. The SMILES string of the molecule is FC(F)(F)c1cccc([S+]2CCCC2)c1. The van der Waals surface area contributed by atoms with E-state index in [0.717, 1.165) is 35.3 Å². The Hall–Kier alpha value is -0.640. The van der Waals surface area contributed by atoms with Gasteiger partial charge >= 0.3 is 6.18 Å². The van der Waals surface area contributed by atoms with Crippen molar-refractivity contribution in [3.8, 4) is 0 Å². The summed E-state index contributed by atoms with van der Waals surface area (Å²) in [5.41, 5.74) is -0.514. The molecule has 1 heterocycles. The smallest absolute Gasteiger partial charge is 0.166 e. The molecule has 0 bridgehead atoms. The fourth-order valence-electron chi connectivity index (χ4n) is 1.74. The van der Waals surface area contributed by atoms with Crippen molar-refractivity contribution in [1.29, 1.82) is 0 Å². The second kappa shape index (κ2) is 4.08. The number of hydrogen-bond donors (Lipinski definition) is 0. The highest BCUT2D eigenvalue weighted by atomic mass is 32.2. The summed E-state index contributed by atoms with van der Waals surface area (Å²) < 4.78 is 37.4. The zero-order chi connectivity index (χ0) is 10.9. The Bertz CT molecular complexity index is 340. The van der Waals surface area contributed by atoms with Crippen LogP contribution in [0.25, 0.3) is 0 Å². The van der Waals surface area contributed by atoms with E-state index in [1.165, 1.54) is 12.1 Å². The van der Waals surface area contributed by atoms with Crippen LogP contribution in [0.2, 0.25) is 0 Å². The van der Waals surface area contributed by atoms with Crippen LogP contribution >= 0.6 is 0 Å². The van der Waals surface area contributed by atoms with Gasteiger partial charge in [0.2, 0.25) is 0 Å². The molecule has 15 heavy (non-hydrogen) atoms. The van der Waals surface area contributed by atoms with Crippen molar-refractivity contribution in [1.82, 2.24) is 0 Å². The molecule has 1 aliphatic heterocycles. The number of halogens is 3. The van der Waals surface area contributed by atoms with Crippen LogP contribution in [0.1, 0.15) is 18.4 Å². The van der Waals surface area contributed by atoms with Crippen molar-refractivity contribution in [2.24, 2.45) is 0 Å². The van der Waals surface area contributed by atoms with Crippen molar-refractivity contribution >= 4 is 10.9 Å². The molecule has 1 aromatic rings. The Kier molecular flexibility index (Phi) is 2.96. The van der Waals surface area contributed by atoms with Crippen LogP contribution < -0.4 is 0 Å². The van der Waals surface area contributed by atoms with E-state index in [2.05, 4.69) is 0 Å². The summed E-state index contributed by atoms with van der Waals surface area (Å²) in [5.74, 6) is 2.11. The standard InChI is InChI=1S/C11H12F3S/c12-11(13,14)9-4-3-5-10(8-9)15-6-1-2-7-15/h3-5,8H,1-2,6-7H2/q+1. The van der Waals surface area contributed by atoms with Crippen LogP contribution in [-0.2, 0) is 17.1 Å². The summed E-state index contributed by atoms with van der Waals surface area (Å²) >= 11 is 0. The van der Waals surface area contributed by atoms with E-state index in [-0.39, 0.29) is 10.9 Å². The zero-order valence-electron chi connectivity index (χ0n) is 8.18. The van der Waals surface area contributed by atoms with Crippen LogP contribution in [-0.4, -0.2) is 11.5 Å². The van der Waals surface area contributed by atoms with Gasteiger partial charge in [0, 0.05) is 17.0 Å². The van der Waals surface area contributed by atoms with Crippen LogP contribution in [0.5, 0.6) is 0 Å². The zero-order valence-corrected chi connectivity index (χ0v) is 9.00. The van der Waals surface area contributed by atoms with Crippen molar-refractivity contribution in [3.05, 3.63) is 29.8 Å². The van der Waals surface area contributed by atoms with Gasteiger partial charge in [0.05, 0.1) is 5.56 Å². The average molecular weight is 233 g/mol. The van der Waals surface area contributed by atoms with E-state index in [9.17, 15) is 13.2 Å². The van der Waals surface area contributed by atoms with Crippen molar-refractivity contribution in [3.63, 3.8) is 0 Å². The van der Waals surface area contributed by atoms with Crippen LogP contribution in [0.15, 0.2) is 29.2 Å². The Labute approximate surface area is 89.8 Å². The van der Waals surface area contributed by atoms with Gasteiger partial charge in [-0.1, -0.05) is 6.07 Å². The molecule has 0 unspecified atom stereocenters. The van der Waals surface area contributed by atoms with E-state index in [0.29, 0.717) is 0 Å².